The van der Waals surface area contributed by atoms with Crippen molar-refractivity contribution < 1.29 is 28.8 Å². The summed E-state index contributed by atoms with van der Waals surface area (Å²) < 4.78 is 2.39. The van der Waals surface area contributed by atoms with Crippen LogP contribution in [0.15, 0.2) is 30.3 Å². The summed E-state index contributed by atoms with van der Waals surface area (Å²) in [5.74, 6) is -2.32. The van der Waals surface area contributed by atoms with E-state index in [9.17, 15) is 28.8 Å². The van der Waals surface area contributed by atoms with E-state index in [-0.39, 0.29) is 30.1 Å². The molecular weight excluding hydrogens is 570 g/mol. The van der Waals surface area contributed by atoms with E-state index >= 15 is 0 Å². The number of amides is 5. The van der Waals surface area contributed by atoms with Crippen LogP contribution in [-0.4, -0.2) is 64.2 Å². The molecule has 1 saturated carbocycles. The van der Waals surface area contributed by atoms with Crippen LogP contribution in [0, 0.1) is 23.2 Å². The summed E-state index contributed by atoms with van der Waals surface area (Å²) in [5.41, 5.74) is 4.78. The van der Waals surface area contributed by atoms with Crippen molar-refractivity contribution >= 4 is 46.6 Å². The summed E-state index contributed by atoms with van der Waals surface area (Å²) in [6, 6.07) is 5.57. The van der Waals surface area contributed by atoms with Crippen molar-refractivity contribution in [2.24, 2.45) is 28.9 Å². The van der Waals surface area contributed by atoms with Crippen LogP contribution >= 0.6 is 11.9 Å². The number of Topliss-reactive ketones (excluding diaryl/α,β-unsaturated/α-hetero) is 1. The summed E-state index contributed by atoms with van der Waals surface area (Å²) in [4.78, 5) is 78.7. The minimum atomic E-state index is -1.19. The number of nitrogens with zero attached hydrogens (tertiary/aromatic N) is 1. The summed E-state index contributed by atoms with van der Waals surface area (Å²) in [6.07, 6.45) is 4.83. The highest BCUT2D eigenvalue weighted by Gasteiger charge is 2.46. The Balaban J connectivity index is 1.82. The monoisotopic (exact) mass is 615 g/mol. The van der Waals surface area contributed by atoms with Gasteiger partial charge in [-0.25, -0.2) is 4.79 Å². The van der Waals surface area contributed by atoms with E-state index in [0.717, 1.165) is 25.7 Å². The third-order valence-corrected chi connectivity index (χ3v) is 8.87. The van der Waals surface area contributed by atoms with Gasteiger partial charge >= 0.3 is 6.03 Å². The van der Waals surface area contributed by atoms with Gasteiger partial charge in [-0.05, 0) is 48.9 Å². The lowest BCUT2D eigenvalue weighted by molar-refractivity contribution is -0.142. The van der Waals surface area contributed by atoms with E-state index in [4.69, 9.17) is 5.73 Å². The molecule has 2 aliphatic rings. The van der Waals surface area contributed by atoms with E-state index in [1.165, 1.54) is 4.90 Å². The maximum atomic E-state index is 14.1. The fourth-order valence-corrected chi connectivity index (χ4v) is 6.53. The molecule has 4 atom stereocenters. The van der Waals surface area contributed by atoms with E-state index in [0.29, 0.717) is 30.4 Å². The van der Waals surface area contributed by atoms with Gasteiger partial charge in [0.1, 0.15) is 12.1 Å². The van der Waals surface area contributed by atoms with Crippen molar-refractivity contribution in [1.29, 1.82) is 0 Å². The number of urea groups is 1. The van der Waals surface area contributed by atoms with Crippen molar-refractivity contribution in [3.63, 3.8) is 0 Å². The summed E-state index contributed by atoms with van der Waals surface area (Å²) in [7, 11) is 0. The van der Waals surface area contributed by atoms with Gasteiger partial charge < -0.3 is 21.3 Å². The van der Waals surface area contributed by atoms with Gasteiger partial charge in [0.2, 0.25) is 5.91 Å². The maximum Gasteiger partial charge on any atom is 0.316 e. The minimum Gasteiger partial charge on any atom is -0.362 e. The fourth-order valence-electron chi connectivity index (χ4n) is 6.12. The molecule has 0 bridgehead atoms. The average Bonchev–Trinajstić information content (AvgIpc) is 3.62. The molecule has 43 heavy (non-hydrogen) atoms. The Morgan fingerprint density at radius 2 is 1.60 bits per heavy atom. The molecule has 1 aromatic rings. The number of ketones is 1. The molecule has 236 valence electrons. The predicted octanol–water partition coefficient (Wildman–Crippen LogP) is 3.18. The van der Waals surface area contributed by atoms with Crippen LogP contribution in [0.25, 0.3) is 0 Å². The van der Waals surface area contributed by atoms with Gasteiger partial charge in [0.05, 0.1) is 6.04 Å². The molecule has 1 aliphatic carbocycles. The first kappa shape index (κ1) is 34.1. The Labute approximate surface area is 258 Å². The summed E-state index contributed by atoms with van der Waals surface area (Å²) in [5, 5.41) is 4.70. The van der Waals surface area contributed by atoms with Gasteiger partial charge in [0, 0.05) is 24.1 Å². The normalized spacial score (nSPS) is 20.4. The van der Waals surface area contributed by atoms with Gasteiger partial charge in [-0.2, -0.15) is 0 Å². The number of carbonyl (C=O) groups is 6. The molecule has 11 nitrogen and oxygen atoms in total. The molecule has 0 radical (unpaired) electrons. The van der Waals surface area contributed by atoms with Crippen molar-refractivity contribution in [1.82, 2.24) is 20.3 Å². The number of nitrogens with two attached hydrogens (primary N) is 1. The lowest BCUT2D eigenvalue weighted by Gasteiger charge is -2.36. The number of likely N-dealkylation sites (tertiary alicyclic amines) is 1. The first-order valence-corrected chi connectivity index (χ1v) is 15.8. The van der Waals surface area contributed by atoms with E-state index in [1.807, 2.05) is 40.7 Å². The zero-order chi connectivity index (χ0) is 31.9. The van der Waals surface area contributed by atoms with Crippen LogP contribution in [-0.2, 0) is 19.2 Å². The second-order valence-corrected chi connectivity index (χ2v) is 13.8. The third kappa shape index (κ3) is 9.04. The van der Waals surface area contributed by atoms with Crippen LogP contribution in [0.3, 0.4) is 0 Å². The zero-order valence-electron chi connectivity index (χ0n) is 25.7. The number of nitrogens with one attached hydrogen (secondary N) is 3. The van der Waals surface area contributed by atoms with Gasteiger partial charge in [-0.3, -0.25) is 28.7 Å². The Bertz CT molecular complexity index is 1190. The minimum absolute atomic E-state index is 0.00805. The SMILES string of the molecule is CC(C)C[C@H]1CCN(C(=O)[C@@H](NC(=O)N[C@H](C(=O)c2ccccc2)C2CCCC2)C(C)(C)C)[C@@H]1C(=O)NSC(=O)C(N)=O. The standard InChI is InChI=1S/C31H45N5O6S/c1-18(2)17-21-15-16-36(23(21)27(39)35-43-29(41)26(32)38)28(40)25(31(3,4)5)34-30(42)33-22(19-11-9-10-12-19)24(37)20-13-7-6-8-14-20/h6-8,13-14,18-19,21-23,25H,9-12,15-17H2,1-5H3,(H2,32,38)(H,35,39)(H2,33,34,42)/t21-,22+,23+,25-/m1/s1. The summed E-state index contributed by atoms with van der Waals surface area (Å²) in [6.45, 7) is 9.78. The van der Waals surface area contributed by atoms with E-state index in [2.05, 4.69) is 15.4 Å². The summed E-state index contributed by atoms with van der Waals surface area (Å²) >= 11 is 0.296. The van der Waals surface area contributed by atoms with E-state index in [1.54, 1.807) is 24.3 Å². The Kier molecular flexibility index (Phi) is 11.8. The number of rotatable bonds is 9. The molecule has 0 unspecified atom stereocenters. The van der Waals surface area contributed by atoms with Gasteiger partial charge in [0.25, 0.3) is 16.9 Å². The molecule has 2 fully saturated rings. The molecule has 5 amide bonds. The predicted molar refractivity (Wildman–Crippen MR) is 164 cm³/mol. The molecule has 1 heterocycles. The molecule has 3 rings (SSSR count). The molecular formula is C31H45N5O6S. The molecule has 1 saturated heterocycles. The fraction of sp³-hybridized carbons (Fsp3) is 0.613. The Morgan fingerprint density at radius 3 is 2.16 bits per heavy atom. The number of carbonyl (C=O) groups excluding carboxylic acids is 6. The smallest absolute Gasteiger partial charge is 0.316 e. The van der Waals surface area contributed by atoms with Crippen LogP contribution in [0.1, 0.15) is 83.5 Å². The Hall–Kier alpha value is -3.41. The molecule has 0 aromatic heterocycles. The van der Waals surface area contributed by atoms with Crippen LogP contribution in [0.2, 0.25) is 0 Å². The maximum absolute atomic E-state index is 14.1. The van der Waals surface area contributed by atoms with Gasteiger partial charge in [-0.15, -0.1) is 0 Å². The molecule has 1 aliphatic heterocycles. The van der Waals surface area contributed by atoms with Crippen molar-refractivity contribution in [2.75, 3.05) is 6.54 Å². The molecule has 0 spiro atoms. The Morgan fingerprint density at radius 1 is 0.977 bits per heavy atom. The molecule has 1 aromatic carbocycles. The number of primary amides is 1. The lowest BCUT2D eigenvalue weighted by Crippen LogP contribution is -2.61. The van der Waals surface area contributed by atoms with Crippen LogP contribution in [0.5, 0.6) is 0 Å². The second-order valence-electron chi connectivity index (χ2n) is 13.0. The number of hydrogen-bond acceptors (Lipinski definition) is 7. The lowest BCUT2D eigenvalue weighted by atomic mass is 9.85. The second kappa shape index (κ2) is 14.9. The third-order valence-electron chi connectivity index (χ3n) is 8.18. The topological polar surface area (TPSA) is 168 Å². The van der Waals surface area contributed by atoms with Gasteiger partial charge in [0.15, 0.2) is 5.78 Å². The van der Waals surface area contributed by atoms with Crippen molar-refractivity contribution in [2.45, 2.75) is 91.3 Å². The first-order chi connectivity index (χ1) is 20.2. The molecule has 12 heteroatoms. The first-order valence-electron chi connectivity index (χ1n) is 15.0. The van der Waals surface area contributed by atoms with E-state index < -0.39 is 52.4 Å². The highest BCUT2D eigenvalue weighted by Crippen LogP contribution is 2.33. The average molecular weight is 616 g/mol. The van der Waals surface area contributed by atoms with Crippen molar-refractivity contribution in [3.05, 3.63) is 35.9 Å². The quantitative estimate of drug-likeness (QED) is 0.188. The van der Waals surface area contributed by atoms with Crippen LogP contribution in [0.4, 0.5) is 4.79 Å². The van der Waals surface area contributed by atoms with Gasteiger partial charge in [-0.1, -0.05) is 77.8 Å². The number of benzene rings is 1. The van der Waals surface area contributed by atoms with Crippen LogP contribution < -0.4 is 21.1 Å². The molecule has 5 N–H and O–H groups in total. The highest BCUT2D eigenvalue weighted by atomic mass is 32.2. The highest BCUT2D eigenvalue weighted by molar-refractivity contribution is 8.14. The van der Waals surface area contributed by atoms with Crippen molar-refractivity contribution in [3.8, 4) is 0 Å². The number of hydrogen-bond donors (Lipinski definition) is 4. The largest absolute Gasteiger partial charge is 0.362 e. The zero-order valence-corrected chi connectivity index (χ0v) is 26.5.